The van der Waals surface area contributed by atoms with Gasteiger partial charge in [-0.05, 0) is 98.6 Å². The van der Waals surface area contributed by atoms with Crippen LogP contribution in [-0.2, 0) is 9.84 Å². The van der Waals surface area contributed by atoms with Crippen LogP contribution in [0.5, 0.6) is 0 Å². The number of fused-ring (bicyclic) bond motifs is 1. The lowest BCUT2D eigenvalue weighted by atomic mass is 9.73. The molecule has 2 bridgehead atoms. The van der Waals surface area contributed by atoms with Crippen molar-refractivity contribution in [2.45, 2.75) is 29.0 Å². The maximum absolute atomic E-state index is 14.4. The van der Waals surface area contributed by atoms with Crippen LogP contribution in [-0.4, -0.2) is 12.7 Å². The molecule has 206 valence electrons. The molecule has 0 heterocycles. The molecule has 0 fully saturated rings. The van der Waals surface area contributed by atoms with Gasteiger partial charge in [0.05, 0.1) is 14.1 Å². The van der Waals surface area contributed by atoms with Gasteiger partial charge >= 0.3 is 0 Å². The first-order valence-corrected chi connectivity index (χ1v) is 16.8. The van der Waals surface area contributed by atoms with Crippen molar-refractivity contribution in [2.75, 3.05) is 0 Å². The van der Waals surface area contributed by atoms with E-state index in [1.165, 1.54) is 21.5 Å². The first kappa shape index (κ1) is 26.2. The van der Waals surface area contributed by atoms with E-state index in [4.69, 9.17) is 11.6 Å². The van der Waals surface area contributed by atoms with Crippen molar-refractivity contribution in [1.29, 1.82) is 0 Å². The summed E-state index contributed by atoms with van der Waals surface area (Å²) in [6.07, 6.45) is 5.89. The topological polar surface area (TPSA) is 34.1 Å². The van der Waals surface area contributed by atoms with E-state index in [1.54, 1.807) is 12.1 Å². The summed E-state index contributed by atoms with van der Waals surface area (Å²) >= 11 is 10.1. The molecule has 0 N–H and O–H groups in total. The van der Waals surface area contributed by atoms with E-state index < -0.39 is 14.2 Å². The second kappa shape index (κ2) is 9.28. The molecule has 0 spiro atoms. The predicted molar refractivity (Wildman–Crippen MR) is 179 cm³/mol. The van der Waals surface area contributed by atoms with Gasteiger partial charge in [0.25, 0.3) is 0 Å². The number of alkyl halides is 1. The molecule has 6 aromatic carbocycles. The Morgan fingerprint density at radius 3 is 1.98 bits per heavy atom. The van der Waals surface area contributed by atoms with Gasteiger partial charge in [-0.25, -0.2) is 8.42 Å². The summed E-state index contributed by atoms with van der Waals surface area (Å²) in [6, 6.07) is 32.6. The zero-order valence-corrected chi connectivity index (χ0v) is 26.0. The number of aryl methyl sites for hydroxylation is 1. The zero-order valence-electron chi connectivity index (χ0n) is 22.9. The lowest BCUT2D eigenvalue weighted by Gasteiger charge is -2.42. The molecule has 3 aliphatic rings. The van der Waals surface area contributed by atoms with Gasteiger partial charge in [0.15, 0.2) is 0 Å². The van der Waals surface area contributed by atoms with E-state index in [2.05, 4.69) is 88.7 Å². The van der Waals surface area contributed by atoms with E-state index in [0.29, 0.717) is 14.8 Å². The summed E-state index contributed by atoms with van der Waals surface area (Å²) < 4.78 is 28.2. The van der Waals surface area contributed by atoms with E-state index in [-0.39, 0.29) is 5.92 Å². The molecule has 2 nitrogen and oxygen atoms in total. The third kappa shape index (κ3) is 3.78. The zero-order chi connectivity index (χ0) is 28.8. The number of allylic oxidation sites excluding steroid dienone is 4. The normalized spacial score (nSPS) is 20.4. The Morgan fingerprint density at radius 1 is 0.762 bits per heavy atom. The highest BCUT2D eigenvalue weighted by atomic mass is 79.9. The summed E-state index contributed by atoms with van der Waals surface area (Å²) in [7, 11) is -3.77. The molecule has 6 aromatic rings. The summed E-state index contributed by atoms with van der Waals surface area (Å²) in [5, 5.41) is 7.66. The molecule has 0 amide bonds. The smallest absolute Gasteiger partial charge is 0.204 e. The molecule has 2 unspecified atom stereocenters. The molecule has 0 radical (unpaired) electrons. The minimum atomic E-state index is -3.77. The minimum absolute atomic E-state index is 0.0303. The van der Waals surface area contributed by atoms with Crippen LogP contribution in [0, 0.1) is 12.8 Å². The van der Waals surface area contributed by atoms with E-state index >= 15 is 0 Å². The third-order valence-electron chi connectivity index (χ3n) is 9.11. The summed E-state index contributed by atoms with van der Waals surface area (Å²) in [5.74, 6) is 0.0303. The molecule has 0 aliphatic heterocycles. The molecule has 2 atom stereocenters. The second-order valence-corrected chi connectivity index (χ2v) is 15.3. The number of halogens is 2. The van der Waals surface area contributed by atoms with Gasteiger partial charge in [-0.1, -0.05) is 118 Å². The molecule has 0 saturated carbocycles. The Balaban J connectivity index is 1.44. The molecular formula is C37H26BrClO2S. The summed E-state index contributed by atoms with van der Waals surface area (Å²) in [4.78, 5) is 0.820. The largest absolute Gasteiger partial charge is 0.219 e. The SMILES string of the molecule is Cc1ccc(S(=O)(=O)C2=C(c3ccc4ccc5c(-c6ccc(Cl)cc6)ccc6ccc3c4c65)C3C=CC2(Br)CC3)cc1. The lowest BCUT2D eigenvalue weighted by molar-refractivity contribution is 0.553. The van der Waals surface area contributed by atoms with Crippen molar-refractivity contribution >= 4 is 75.3 Å². The first-order chi connectivity index (χ1) is 20.2. The van der Waals surface area contributed by atoms with Crippen molar-refractivity contribution in [1.82, 2.24) is 0 Å². The van der Waals surface area contributed by atoms with Crippen LogP contribution in [0.15, 0.2) is 119 Å². The molecule has 0 aromatic heterocycles. The Labute approximate surface area is 258 Å². The van der Waals surface area contributed by atoms with Crippen molar-refractivity contribution < 1.29 is 8.42 Å². The Kier molecular flexibility index (Phi) is 5.79. The monoisotopic (exact) mass is 648 g/mol. The first-order valence-electron chi connectivity index (χ1n) is 14.2. The Bertz CT molecular complexity index is 2230. The average molecular weight is 650 g/mol. The molecule has 9 rings (SSSR count). The van der Waals surface area contributed by atoms with E-state index in [0.717, 1.165) is 51.4 Å². The third-order valence-corrected chi connectivity index (χ3v) is 12.7. The minimum Gasteiger partial charge on any atom is -0.219 e. The van der Waals surface area contributed by atoms with Crippen LogP contribution in [0.1, 0.15) is 24.0 Å². The molecular weight excluding hydrogens is 624 g/mol. The predicted octanol–water partition coefficient (Wildman–Crippen LogP) is 10.5. The van der Waals surface area contributed by atoms with Crippen LogP contribution in [0.2, 0.25) is 5.02 Å². The molecule has 3 aliphatic carbocycles. The number of benzene rings is 6. The number of rotatable bonds is 4. The van der Waals surface area contributed by atoms with Crippen LogP contribution in [0.3, 0.4) is 0 Å². The Morgan fingerprint density at radius 2 is 1.36 bits per heavy atom. The summed E-state index contributed by atoms with van der Waals surface area (Å²) in [5.41, 5.74) is 5.21. The molecule has 42 heavy (non-hydrogen) atoms. The number of hydrogen-bond donors (Lipinski definition) is 0. The van der Waals surface area contributed by atoms with Crippen molar-refractivity contribution in [2.24, 2.45) is 5.92 Å². The molecule has 5 heteroatoms. The lowest BCUT2D eigenvalue weighted by Crippen LogP contribution is -2.37. The second-order valence-electron chi connectivity index (χ2n) is 11.6. The van der Waals surface area contributed by atoms with Crippen LogP contribution in [0.4, 0.5) is 0 Å². The van der Waals surface area contributed by atoms with Gasteiger partial charge in [-0.3, -0.25) is 0 Å². The van der Waals surface area contributed by atoms with Crippen LogP contribution in [0.25, 0.3) is 49.0 Å². The number of sulfone groups is 1. The molecule has 0 saturated heterocycles. The fourth-order valence-electron chi connectivity index (χ4n) is 7.08. The van der Waals surface area contributed by atoms with Crippen LogP contribution >= 0.6 is 27.5 Å². The maximum Gasteiger partial charge on any atom is 0.204 e. The van der Waals surface area contributed by atoms with Gasteiger partial charge in [-0.2, -0.15) is 0 Å². The highest BCUT2D eigenvalue weighted by Gasteiger charge is 2.48. The fourth-order valence-corrected chi connectivity index (χ4v) is 10.3. The van der Waals surface area contributed by atoms with Gasteiger partial charge in [0, 0.05) is 10.9 Å². The van der Waals surface area contributed by atoms with E-state index in [1.807, 2.05) is 31.2 Å². The highest BCUT2D eigenvalue weighted by molar-refractivity contribution is 9.10. The standard InChI is InChI=1S/C37H26BrClO2S/c1-22-2-12-28(13-3-22)42(40,41)36-35(26-18-20-37(36,38)21-19-26)32-17-9-25-7-15-30-29(23-4-10-27(39)11-5-23)14-6-24-8-16-31(32)34(25)33(24)30/h2-18,20,26H,19,21H2,1H3. The van der Waals surface area contributed by atoms with Gasteiger partial charge in [0.1, 0.15) is 0 Å². The Hall–Kier alpha value is -3.44. The van der Waals surface area contributed by atoms with Gasteiger partial charge in [-0.15, -0.1) is 0 Å². The maximum atomic E-state index is 14.4. The van der Waals surface area contributed by atoms with Crippen molar-refractivity contribution in [3.8, 4) is 11.1 Å². The van der Waals surface area contributed by atoms with E-state index in [9.17, 15) is 8.42 Å². The number of hydrogen-bond acceptors (Lipinski definition) is 2. The van der Waals surface area contributed by atoms with Gasteiger partial charge < -0.3 is 0 Å². The van der Waals surface area contributed by atoms with Crippen molar-refractivity contribution in [3.05, 3.63) is 130 Å². The quantitative estimate of drug-likeness (QED) is 0.108. The van der Waals surface area contributed by atoms with Gasteiger partial charge in [0.2, 0.25) is 9.84 Å². The summed E-state index contributed by atoms with van der Waals surface area (Å²) in [6.45, 7) is 1.97. The van der Waals surface area contributed by atoms with Crippen molar-refractivity contribution in [3.63, 3.8) is 0 Å². The fraction of sp³-hybridized carbons (Fsp3) is 0.135. The van der Waals surface area contributed by atoms with Crippen LogP contribution < -0.4 is 0 Å². The highest BCUT2D eigenvalue weighted by Crippen LogP contribution is 2.56. The average Bonchev–Trinajstić information content (AvgIpc) is 3.00.